The molecule has 0 saturated carbocycles. The molecule has 0 amide bonds. The summed E-state index contributed by atoms with van der Waals surface area (Å²) < 4.78 is 5.64. The van der Waals surface area contributed by atoms with Crippen LogP contribution in [0.25, 0.3) is 0 Å². The zero-order valence-corrected chi connectivity index (χ0v) is 10.6. The Kier molecular flexibility index (Phi) is 5.62. The largest absolute Gasteiger partial charge is 0.381 e. The van der Waals surface area contributed by atoms with Crippen molar-refractivity contribution >= 4 is 0 Å². The van der Waals surface area contributed by atoms with Gasteiger partial charge in [0.25, 0.3) is 0 Å². The van der Waals surface area contributed by atoms with Crippen molar-refractivity contribution in [2.45, 2.75) is 58.9 Å². The van der Waals surface area contributed by atoms with Crippen molar-refractivity contribution in [3.63, 3.8) is 0 Å². The van der Waals surface area contributed by atoms with Gasteiger partial charge >= 0.3 is 0 Å². The van der Waals surface area contributed by atoms with Gasteiger partial charge < -0.3 is 10.1 Å². The van der Waals surface area contributed by atoms with Crippen LogP contribution < -0.4 is 5.32 Å². The molecule has 1 atom stereocenters. The second kappa shape index (κ2) is 6.49. The summed E-state index contributed by atoms with van der Waals surface area (Å²) in [6, 6.07) is 0.774. The fraction of sp³-hybridized carbons (Fsp3) is 1.00. The SMILES string of the molecule is CC(C)(C)CCOCCCC1CCCN1. The van der Waals surface area contributed by atoms with Gasteiger partial charge in [-0.3, -0.25) is 0 Å². The number of hydrogen-bond acceptors (Lipinski definition) is 2. The Morgan fingerprint density at radius 1 is 1.27 bits per heavy atom. The molecule has 0 aromatic heterocycles. The van der Waals surface area contributed by atoms with Crippen LogP contribution in [0.15, 0.2) is 0 Å². The molecule has 0 radical (unpaired) electrons. The van der Waals surface area contributed by atoms with Gasteiger partial charge in [0.05, 0.1) is 0 Å². The van der Waals surface area contributed by atoms with Crippen molar-refractivity contribution in [3.05, 3.63) is 0 Å². The average Bonchev–Trinajstić information content (AvgIpc) is 2.61. The first kappa shape index (κ1) is 13.0. The van der Waals surface area contributed by atoms with Crippen LogP contribution >= 0.6 is 0 Å². The van der Waals surface area contributed by atoms with Crippen LogP contribution in [-0.4, -0.2) is 25.8 Å². The van der Waals surface area contributed by atoms with E-state index in [-0.39, 0.29) is 0 Å². The molecule has 1 rings (SSSR count). The topological polar surface area (TPSA) is 21.3 Å². The van der Waals surface area contributed by atoms with Crippen molar-refractivity contribution in [1.29, 1.82) is 0 Å². The molecule has 2 nitrogen and oxygen atoms in total. The van der Waals surface area contributed by atoms with Crippen molar-refractivity contribution in [1.82, 2.24) is 5.32 Å². The molecule has 1 fully saturated rings. The van der Waals surface area contributed by atoms with E-state index in [1.807, 2.05) is 0 Å². The summed E-state index contributed by atoms with van der Waals surface area (Å²) >= 11 is 0. The molecule has 1 aliphatic heterocycles. The second-order valence-corrected chi connectivity index (χ2v) is 5.86. The second-order valence-electron chi connectivity index (χ2n) is 5.86. The minimum Gasteiger partial charge on any atom is -0.381 e. The smallest absolute Gasteiger partial charge is 0.0471 e. The number of rotatable bonds is 6. The molecule has 15 heavy (non-hydrogen) atoms. The highest BCUT2D eigenvalue weighted by atomic mass is 16.5. The maximum Gasteiger partial charge on any atom is 0.0471 e. The van der Waals surface area contributed by atoms with Crippen molar-refractivity contribution in [2.75, 3.05) is 19.8 Å². The Hall–Kier alpha value is -0.0800. The molecule has 1 heterocycles. The van der Waals surface area contributed by atoms with Gasteiger partial charge in [0.1, 0.15) is 0 Å². The van der Waals surface area contributed by atoms with Gasteiger partial charge in [-0.05, 0) is 44.1 Å². The lowest BCUT2D eigenvalue weighted by atomic mass is 9.93. The minimum absolute atomic E-state index is 0.410. The van der Waals surface area contributed by atoms with Gasteiger partial charge in [0, 0.05) is 19.3 Å². The van der Waals surface area contributed by atoms with Crippen LogP contribution in [0.1, 0.15) is 52.9 Å². The fourth-order valence-electron chi connectivity index (χ4n) is 1.92. The lowest BCUT2D eigenvalue weighted by Gasteiger charge is -2.17. The third-order valence-electron chi connectivity index (χ3n) is 3.00. The molecule has 0 spiro atoms. The highest BCUT2D eigenvalue weighted by molar-refractivity contribution is 4.73. The Morgan fingerprint density at radius 3 is 2.67 bits per heavy atom. The predicted molar refractivity (Wildman–Crippen MR) is 65.1 cm³/mol. The van der Waals surface area contributed by atoms with E-state index in [9.17, 15) is 0 Å². The van der Waals surface area contributed by atoms with E-state index < -0.39 is 0 Å². The molecular weight excluding hydrogens is 186 g/mol. The van der Waals surface area contributed by atoms with Gasteiger partial charge in [0.2, 0.25) is 0 Å². The lowest BCUT2D eigenvalue weighted by molar-refractivity contribution is 0.104. The fourth-order valence-corrected chi connectivity index (χ4v) is 1.92. The van der Waals surface area contributed by atoms with Crippen LogP contribution in [0.3, 0.4) is 0 Å². The summed E-state index contributed by atoms with van der Waals surface area (Å²) in [4.78, 5) is 0. The number of ether oxygens (including phenoxy) is 1. The third-order valence-corrected chi connectivity index (χ3v) is 3.00. The first-order valence-electron chi connectivity index (χ1n) is 6.39. The van der Waals surface area contributed by atoms with Gasteiger partial charge in [-0.2, -0.15) is 0 Å². The summed E-state index contributed by atoms with van der Waals surface area (Å²) in [6.07, 6.45) is 6.38. The van der Waals surface area contributed by atoms with E-state index in [0.29, 0.717) is 5.41 Å². The van der Waals surface area contributed by atoms with E-state index >= 15 is 0 Å². The van der Waals surface area contributed by atoms with Crippen molar-refractivity contribution in [3.8, 4) is 0 Å². The Balaban J connectivity index is 1.84. The summed E-state index contributed by atoms with van der Waals surface area (Å²) in [6.45, 7) is 9.86. The average molecular weight is 213 g/mol. The van der Waals surface area contributed by atoms with E-state index in [4.69, 9.17) is 4.74 Å². The molecule has 0 aromatic carbocycles. The quantitative estimate of drug-likeness (QED) is 0.685. The maximum atomic E-state index is 5.64. The standard InChI is InChI=1S/C13H27NO/c1-13(2,3)8-11-15-10-5-7-12-6-4-9-14-12/h12,14H,4-11H2,1-3H3. The molecule has 1 unspecified atom stereocenters. The molecule has 0 bridgehead atoms. The van der Waals surface area contributed by atoms with Crippen LogP contribution in [0.2, 0.25) is 0 Å². The molecule has 2 heteroatoms. The Labute approximate surface area is 94.8 Å². The molecule has 90 valence electrons. The molecule has 0 aromatic rings. The van der Waals surface area contributed by atoms with E-state index in [1.54, 1.807) is 0 Å². The van der Waals surface area contributed by atoms with Crippen LogP contribution in [-0.2, 0) is 4.74 Å². The molecule has 0 aliphatic carbocycles. The summed E-state index contributed by atoms with van der Waals surface area (Å²) in [5, 5.41) is 3.52. The van der Waals surface area contributed by atoms with Crippen LogP contribution in [0, 0.1) is 5.41 Å². The highest BCUT2D eigenvalue weighted by Crippen LogP contribution is 2.18. The van der Waals surface area contributed by atoms with E-state index in [1.165, 1.54) is 32.2 Å². The summed E-state index contributed by atoms with van der Waals surface area (Å²) in [7, 11) is 0. The van der Waals surface area contributed by atoms with Crippen molar-refractivity contribution < 1.29 is 4.74 Å². The van der Waals surface area contributed by atoms with E-state index in [2.05, 4.69) is 26.1 Å². The third kappa shape index (κ3) is 6.91. The molecule has 1 saturated heterocycles. The Morgan fingerprint density at radius 2 is 2.07 bits per heavy atom. The van der Waals surface area contributed by atoms with Crippen LogP contribution in [0.5, 0.6) is 0 Å². The zero-order chi connectivity index (χ0) is 11.1. The summed E-state index contributed by atoms with van der Waals surface area (Å²) in [5.41, 5.74) is 0.410. The minimum atomic E-state index is 0.410. The van der Waals surface area contributed by atoms with Crippen molar-refractivity contribution in [2.24, 2.45) is 5.41 Å². The normalized spacial score (nSPS) is 22.2. The van der Waals surface area contributed by atoms with Gasteiger partial charge in [-0.1, -0.05) is 20.8 Å². The first-order valence-corrected chi connectivity index (χ1v) is 6.39. The lowest BCUT2D eigenvalue weighted by Crippen LogP contribution is -2.21. The highest BCUT2D eigenvalue weighted by Gasteiger charge is 2.13. The van der Waals surface area contributed by atoms with Crippen LogP contribution in [0.4, 0.5) is 0 Å². The monoisotopic (exact) mass is 213 g/mol. The van der Waals surface area contributed by atoms with Gasteiger partial charge in [-0.25, -0.2) is 0 Å². The summed E-state index contributed by atoms with van der Waals surface area (Å²) in [5.74, 6) is 0. The molecular formula is C13H27NO. The van der Waals surface area contributed by atoms with E-state index in [0.717, 1.165) is 25.7 Å². The zero-order valence-electron chi connectivity index (χ0n) is 10.6. The Bertz CT molecular complexity index is 156. The predicted octanol–water partition coefficient (Wildman–Crippen LogP) is 2.97. The number of nitrogens with one attached hydrogen (secondary N) is 1. The maximum absolute atomic E-state index is 5.64. The van der Waals surface area contributed by atoms with Gasteiger partial charge in [-0.15, -0.1) is 0 Å². The van der Waals surface area contributed by atoms with Gasteiger partial charge in [0.15, 0.2) is 0 Å². The number of hydrogen-bond donors (Lipinski definition) is 1. The first-order chi connectivity index (χ1) is 7.08. The molecule has 1 aliphatic rings. The molecule has 1 N–H and O–H groups in total.